The number of hydrogen-bond donors (Lipinski definition) is 0. The van der Waals surface area contributed by atoms with Crippen LogP contribution in [0, 0.1) is 0 Å². The molecule has 9 heavy (non-hydrogen) atoms. The van der Waals surface area contributed by atoms with E-state index in [0.29, 0.717) is 6.42 Å². The lowest BCUT2D eigenvalue weighted by molar-refractivity contribution is 0.618. The zero-order valence-corrected chi connectivity index (χ0v) is 6.17. The highest BCUT2D eigenvalue weighted by molar-refractivity contribution is 6.58. The van der Waals surface area contributed by atoms with Crippen molar-refractivity contribution < 1.29 is 8.63 Å². The van der Waals surface area contributed by atoms with Gasteiger partial charge in [-0.1, -0.05) is 19.8 Å². The monoisotopic (exact) mass is 154 g/mol. The Bertz CT molecular complexity index is 70.0. The summed E-state index contributed by atoms with van der Waals surface area (Å²) in [6, 6.07) is 0. The van der Waals surface area contributed by atoms with Crippen LogP contribution in [-0.4, -0.2) is 12.5 Å². The standard InChI is InChI=1S/C5H10BClF2/c1-2-3-4-5(7)6(8)9/h5H,2-4H2,1H3/t5-/m1/s1. The van der Waals surface area contributed by atoms with Crippen LogP contribution in [0.3, 0.4) is 0 Å². The topological polar surface area (TPSA) is 0 Å². The lowest BCUT2D eigenvalue weighted by Crippen LogP contribution is -2.15. The first-order valence-electron chi connectivity index (χ1n) is 3.10. The molecule has 0 radical (unpaired) electrons. The van der Waals surface area contributed by atoms with E-state index in [0.717, 1.165) is 12.8 Å². The molecule has 0 unspecified atom stereocenters. The number of hydrogen-bond acceptors (Lipinski definition) is 0. The molecule has 0 aliphatic rings. The van der Waals surface area contributed by atoms with Crippen LogP contribution >= 0.6 is 11.6 Å². The lowest BCUT2D eigenvalue weighted by Gasteiger charge is -2.01. The van der Waals surface area contributed by atoms with E-state index in [1.807, 2.05) is 6.92 Å². The molecule has 4 heteroatoms. The summed E-state index contributed by atoms with van der Waals surface area (Å²) < 4.78 is 23.2. The van der Waals surface area contributed by atoms with Gasteiger partial charge in [-0.15, -0.1) is 11.6 Å². The third-order valence-electron chi connectivity index (χ3n) is 1.11. The molecule has 0 fully saturated rings. The van der Waals surface area contributed by atoms with Crippen LogP contribution in [0.1, 0.15) is 26.2 Å². The SMILES string of the molecule is CCCC[C@@H](Cl)B(F)F. The molecule has 0 heterocycles. The second-order valence-corrected chi connectivity index (χ2v) is 2.55. The van der Waals surface area contributed by atoms with E-state index in [2.05, 4.69) is 0 Å². The van der Waals surface area contributed by atoms with Crippen LogP contribution in [-0.2, 0) is 0 Å². The fraction of sp³-hybridized carbons (Fsp3) is 1.00. The van der Waals surface area contributed by atoms with Gasteiger partial charge in [-0.25, -0.2) is 0 Å². The predicted octanol–water partition coefficient (Wildman–Crippen LogP) is 2.75. The largest absolute Gasteiger partial charge is 0.555 e. The number of rotatable bonds is 4. The Balaban J connectivity index is 3.16. The van der Waals surface area contributed by atoms with Gasteiger partial charge in [0.25, 0.3) is 0 Å². The van der Waals surface area contributed by atoms with Crippen LogP contribution in [0.15, 0.2) is 0 Å². The number of alkyl halides is 1. The molecule has 0 aromatic heterocycles. The molecule has 0 bridgehead atoms. The molecule has 54 valence electrons. The molecule has 0 saturated carbocycles. The molecule has 0 aromatic carbocycles. The maximum atomic E-state index is 11.6. The third-order valence-corrected chi connectivity index (χ3v) is 1.52. The second kappa shape index (κ2) is 5.04. The summed E-state index contributed by atoms with van der Waals surface area (Å²) in [5.74, 6) is 0. The Morgan fingerprint density at radius 3 is 2.44 bits per heavy atom. The van der Waals surface area contributed by atoms with Gasteiger partial charge >= 0.3 is 7.27 Å². The molecule has 0 spiro atoms. The Kier molecular flexibility index (Phi) is 5.16. The van der Waals surface area contributed by atoms with Crippen LogP contribution in [0.2, 0.25) is 0 Å². The zero-order valence-electron chi connectivity index (χ0n) is 5.41. The van der Waals surface area contributed by atoms with E-state index in [-0.39, 0.29) is 0 Å². The van der Waals surface area contributed by atoms with Gasteiger partial charge in [0.2, 0.25) is 0 Å². The smallest absolute Gasteiger partial charge is 0.285 e. The first-order chi connectivity index (χ1) is 4.18. The van der Waals surface area contributed by atoms with Crippen molar-refractivity contribution in [3.8, 4) is 0 Å². The Morgan fingerprint density at radius 2 is 2.11 bits per heavy atom. The minimum absolute atomic E-state index is 0.426. The quantitative estimate of drug-likeness (QED) is 0.431. The third kappa shape index (κ3) is 4.70. The highest BCUT2D eigenvalue weighted by Gasteiger charge is 2.23. The molecule has 0 aliphatic heterocycles. The average Bonchev–Trinajstić information content (AvgIpc) is 1.82. The molecule has 0 aliphatic carbocycles. The maximum absolute atomic E-state index is 11.6. The summed E-state index contributed by atoms with van der Waals surface area (Å²) in [4.78, 5) is 0. The van der Waals surface area contributed by atoms with Crippen LogP contribution < -0.4 is 0 Å². The molecule has 0 nitrogen and oxygen atoms in total. The van der Waals surface area contributed by atoms with Crippen molar-refractivity contribution in [1.82, 2.24) is 0 Å². The summed E-state index contributed by atoms with van der Waals surface area (Å²) in [5.41, 5.74) is 0. The average molecular weight is 154 g/mol. The summed E-state index contributed by atoms with van der Waals surface area (Å²) in [5, 5.41) is -0.940. The van der Waals surface area contributed by atoms with E-state index in [1.165, 1.54) is 0 Å². The molecule has 0 saturated heterocycles. The predicted molar refractivity (Wildman–Crippen MR) is 37.1 cm³/mol. The Morgan fingerprint density at radius 1 is 1.56 bits per heavy atom. The number of unbranched alkanes of at least 4 members (excludes halogenated alkanes) is 1. The lowest BCUT2D eigenvalue weighted by atomic mass is 9.88. The van der Waals surface area contributed by atoms with E-state index in [4.69, 9.17) is 11.6 Å². The van der Waals surface area contributed by atoms with Crippen molar-refractivity contribution in [2.45, 2.75) is 31.5 Å². The number of halogens is 3. The van der Waals surface area contributed by atoms with Gasteiger partial charge in [0.1, 0.15) is 0 Å². The fourth-order valence-electron chi connectivity index (χ4n) is 0.525. The van der Waals surface area contributed by atoms with Crippen molar-refractivity contribution in [3.05, 3.63) is 0 Å². The summed E-state index contributed by atoms with van der Waals surface area (Å²) >= 11 is 5.24. The highest BCUT2D eigenvalue weighted by Crippen LogP contribution is 2.11. The van der Waals surface area contributed by atoms with Gasteiger partial charge < -0.3 is 0 Å². The first kappa shape index (κ1) is 9.21. The van der Waals surface area contributed by atoms with E-state index in [1.54, 1.807) is 0 Å². The summed E-state index contributed by atoms with van der Waals surface area (Å²) in [6.07, 6.45) is 2.14. The first-order valence-corrected chi connectivity index (χ1v) is 3.54. The maximum Gasteiger partial charge on any atom is 0.555 e. The molecular formula is C5H10BClF2. The molecule has 0 rings (SSSR count). The summed E-state index contributed by atoms with van der Waals surface area (Å²) in [7, 11) is -2.36. The minimum Gasteiger partial charge on any atom is -0.285 e. The van der Waals surface area contributed by atoms with Gasteiger partial charge in [-0.2, -0.15) is 0 Å². The highest BCUT2D eigenvalue weighted by atomic mass is 35.5. The van der Waals surface area contributed by atoms with Gasteiger partial charge in [0.05, 0.1) is 5.28 Å². The van der Waals surface area contributed by atoms with E-state index in [9.17, 15) is 8.63 Å². The fourth-order valence-corrected chi connectivity index (χ4v) is 0.679. The van der Waals surface area contributed by atoms with Crippen LogP contribution in [0.5, 0.6) is 0 Å². The van der Waals surface area contributed by atoms with Crippen molar-refractivity contribution in [2.24, 2.45) is 0 Å². The van der Waals surface area contributed by atoms with Gasteiger partial charge in [-0.3, -0.25) is 8.63 Å². The molecule has 1 atom stereocenters. The minimum atomic E-state index is -2.36. The van der Waals surface area contributed by atoms with Crippen LogP contribution in [0.25, 0.3) is 0 Å². The van der Waals surface area contributed by atoms with Crippen molar-refractivity contribution in [3.63, 3.8) is 0 Å². The molecule has 0 amide bonds. The molecule has 0 N–H and O–H groups in total. The van der Waals surface area contributed by atoms with E-state index < -0.39 is 12.5 Å². The van der Waals surface area contributed by atoms with E-state index >= 15 is 0 Å². The van der Waals surface area contributed by atoms with Gasteiger partial charge in [0, 0.05) is 0 Å². The summed E-state index contributed by atoms with van der Waals surface area (Å²) in [6.45, 7) is 1.95. The van der Waals surface area contributed by atoms with Crippen LogP contribution in [0.4, 0.5) is 8.63 Å². The van der Waals surface area contributed by atoms with Gasteiger partial charge in [0.15, 0.2) is 0 Å². The second-order valence-electron chi connectivity index (χ2n) is 1.99. The van der Waals surface area contributed by atoms with Crippen molar-refractivity contribution >= 4 is 18.9 Å². The van der Waals surface area contributed by atoms with Gasteiger partial charge in [-0.05, 0) is 6.42 Å². The normalized spacial score (nSPS) is 13.3. The zero-order chi connectivity index (χ0) is 7.28. The molecular weight excluding hydrogens is 144 g/mol. The molecule has 0 aromatic rings. The Labute approximate surface area is 59.8 Å². The van der Waals surface area contributed by atoms with Crippen molar-refractivity contribution in [2.75, 3.05) is 0 Å². The Hall–Kier alpha value is 0.215. The van der Waals surface area contributed by atoms with Crippen molar-refractivity contribution in [1.29, 1.82) is 0 Å².